The quantitative estimate of drug-likeness (QED) is 0.703. The summed E-state index contributed by atoms with van der Waals surface area (Å²) in [5.41, 5.74) is 0.817. The average molecular weight is 392 g/mol. The van der Waals surface area contributed by atoms with Gasteiger partial charge >= 0.3 is 0 Å². The molecule has 3 rings (SSSR count). The molecule has 0 aliphatic carbocycles. The molecule has 1 amide bonds. The Bertz CT molecular complexity index is 1020. The van der Waals surface area contributed by atoms with Crippen LogP contribution in [0, 0.1) is 5.82 Å². The van der Waals surface area contributed by atoms with Crippen LogP contribution in [-0.2, 0) is 11.2 Å². The van der Waals surface area contributed by atoms with Gasteiger partial charge in [0.2, 0.25) is 5.91 Å². The number of rotatable bonds is 4. The van der Waals surface area contributed by atoms with Crippen molar-refractivity contribution < 1.29 is 9.18 Å². The smallest absolute Gasteiger partial charge is 0.254 e. The fraction of sp³-hybridized carbons (Fsp3) is 0.0556. The Morgan fingerprint density at radius 1 is 1.15 bits per heavy atom. The number of H-pyrrole nitrogens is 1. The van der Waals surface area contributed by atoms with Crippen LogP contribution in [0.25, 0.3) is 11.4 Å². The molecule has 0 saturated carbocycles. The van der Waals surface area contributed by atoms with Crippen molar-refractivity contribution in [3.05, 3.63) is 80.4 Å². The van der Waals surface area contributed by atoms with Crippen LogP contribution in [0.15, 0.2) is 53.5 Å². The molecular weight excluding hydrogens is 380 g/mol. The highest BCUT2D eigenvalue weighted by Crippen LogP contribution is 2.20. The summed E-state index contributed by atoms with van der Waals surface area (Å²) in [6.45, 7) is 0. The number of amides is 1. The Morgan fingerprint density at radius 2 is 1.88 bits per heavy atom. The maximum atomic E-state index is 13.1. The standard InChI is InChI=1S/C18H12Cl2FN3O2/c19-12-3-1-10(2-4-12)17-22-9-11(18(26)24-17)7-16(25)23-13-5-6-15(21)14(20)8-13/h1-6,8-9H,7H2,(H,23,25)(H,22,24,26). The number of hydrogen-bond acceptors (Lipinski definition) is 3. The Hall–Kier alpha value is -2.70. The van der Waals surface area contributed by atoms with Gasteiger partial charge in [-0.05, 0) is 42.5 Å². The molecule has 5 nitrogen and oxygen atoms in total. The Kier molecular flexibility index (Phi) is 5.35. The van der Waals surface area contributed by atoms with Crippen LogP contribution in [0.2, 0.25) is 10.0 Å². The van der Waals surface area contributed by atoms with Crippen LogP contribution < -0.4 is 10.9 Å². The van der Waals surface area contributed by atoms with Crippen molar-refractivity contribution >= 4 is 34.8 Å². The fourth-order valence-electron chi connectivity index (χ4n) is 2.25. The van der Waals surface area contributed by atoms with Gasteiger partial charge in [0.1, 0.15) is 11.6 Å². The van der Waals surface area contributed by atoms with Crippen LogP contribution in [0.4, 0.5) is 10.1 Å². The second-order valence-corrected chi connectivity index (χ2v) is 6.29. The molecule has 0 radical (unpaired) electrons. The number of carbonyl (C=O) groups excluding carboxylic acids is 1. The number of anilines is 1. The van der Waals surface area contributed by atoms with Gasteiger partial charge in [0.05, 0.1) is 11.4 Å². The summed E-state index contributed by atoms with van der Waals surface area (Å²) in [5, 5.41) is 3.03. The molecule has 3 aromatic rings. The minimum absolute atomic E-state index is 0.102. The summed E-state index contributed by atoms with van der Waals surface area (Å²) >= 11 is 11.5. The molecule has 1 aromatic heterocycles. The molecule has 0 saturated heterocycles. The number of carbonyl (C=O) groups is 1. The Labute approximate surface area is 157 Å². The van der Waals surface area contributed by atoms with Crippen LogP contribution >= 0.6 is 23.2 Å². The van der Waals surface area contributed by atoms with Gasteiger partial charge in [0, 0.05) is 28.0 Å². The second kappa shape index (κ2) is 7.68. The van der Waals surface area contributed by atoms with Crippen LogP contribution in [0.1, 0.15) is 5.56 Å². The first-order valence-corrected chi connectivity index (χ1v) is 8.27. The minimum Gasteiger partial charge on any atom is -0.326 e. The lowest BCUT2D eigenvalue weighted by atomic mass is 10.2. The van der Waals surface area contributed by atoms with Gasteiger partial charge in [-0.3, -0.25) is 9.59 Å². The van der Waals surface area contributed by atoms with Crippen molar-refractivity contribution in [2.24, 2.45) is 0 Å². The predicted molar refractivity (Wildman–Crippen MR) is 99.0 cm³/mol. The molecule has 2 aromatic carbocycles. The molecule has 2 N–H and O–H groups in total. The lowest BCUT2D eigenvalue weighted by Gasteiger charge is -2.06. The maximum absolute atomic E-state index is 13.1. The van der Waals surface area contributed by atoms with E-state index in [9.17, 15) is 14.0 Å². The molecule has 132 valence electrons. The van der Waals surface area contributed by atoms with Crippen molar-refractivity contribution in [1.82, 2.24) is 9.97 Å². The van der Waals surface area contributed by atoms with Crippen LogP contribution in [-0.4, -0.2) is 15.9 Å². The third-order valence-electron chi connectivity index (χ3n) is 3.55. The highest BCUT2D eigenvalue weighted by atomic mass is 35.5. The molecule has 0 bridgehead atoms. The molecular formula is C18H12Cl2FN3O2. The fourth-order valence-corrected chi connectivity index (χ4v) is 2.56. The highest BCUT2D eigenvalue weighted by Gasteiger charge is 2.11. The van der Waals surface area contributed by atoms with Crippen molar-refractivity contribution in [3.63, 3.8) is 0 Å². The van der Waals surface area contributed by atoms with E-state index in [2.05, 4.69) is 15.3 Å². The second-order valence-electron chi connectivity index (χ2n) is 5.45. The molecule has 1 heterocycles. The summed E-state index contributed by atoms with van der Waals surface area (Å²) in [6, 6.07) is 10.6. The van der Waals surface area contributed by atoms with E-state index in [1.807, 2.05) is 0 Å². The predicted octanol–water partition coefficient (Wildman–Crippen LogP) is 4.06. The van der Waals surface area contributed by atoms with Crippen molar-refractivity contribution in [2.75, 3.05) is 5.32 Å². The van der Waals surface area contributed by atoms with E-state index in [-0.39, 0.29) is 17.0 Å². The first kappa shape index (κ1) is 18.1. The number of nitrogens with one attached hydrogen (secondary N) is 2. The van der Waals surface area contributed by atoms with E-state index >= 15 is 0 Å². The third-order valence-corrected chi connectivity index (χ3v) is 4.09. The average Bonchev–Trinajstić information content (AvgIpc) is 2.60. The van der Waals surface area contributed by atoms with Gasteiger partial charge in [-0.15, -0.1) is 0 Å². The highest BCUT2D eigenvalue weighted by molar-refractivity contribution is 6.31. The van der Waals surface area contributed by atoms with E-state index in [0.29, 0.717) is 22.1 Å². The zero-order chi connectivity index (χ0) is 18.7. The van der Waals surface area contributed by atoms with E-state index < -0.39 is 17.3 Å². The van der Waals surface area contributed by atoms with E-state index in [0.717, 1.165) is 6.07 Å². The number of hydrogen-bond donors (Lipinski definition) is 2. The lowest BCUT2D eigenvalue weighted by Crippen LogP contribution is -2.22. The summed E-state index contributed by atoms with van der Waals surface area (Å²) in [6.07, 6.45) is 1.16. The normalized spacial score (nSPS) is 10.6. The number of aromatic nitrogens is 2. The molecule has 26 heavy (non-hydrogen) atoms. The third kappa shape index (κ3) is 4.28. The Morgan fingerprint density at radius 3 is 2.54 bits per heavy atom. The molecule has 0 spiro atoms. The molecule has 8 heteroatoms. The number of nitrogens with zero attached hydrogens (tertiary/aromatic N) is 1. The number of aromatic amines is 1. The largest absolute Gasteiger partial charge is 0.326 e. The van der Waals surface area contributed by atoms with E-state index in [4.69, 9.17) is 23.2 Å². The van der Waals surface area contributed by atoms with Gasteiger partial charge in [0.15, 0.2) is 0 Å². The monoisotopic (exact) mass is 391 g/mol. The van der Waals surface area contributed by atoms with E-state index in [1.165, 1.54) is 18.3 Å². The summed E-state index contributed by atoms with van der Waals surface area (Å²) in [7, 11) is 0. The van der Waals surface area contributed by atoms with Gasteiger partial charge in [0.25, 0.3) is 5.56 Å². The molecule has 0 aliphatic heterocycles. The van der Waals surface area contributed by atoms with Crippen LogP contribution in [0.5, 0.6) is 0 Å². The van der Waals surface area contributed by atoms with Gasteiger partial charge in [-0.1, -0.05) is 23.2 Å². The lowest BCUT2D eigenvalue weighted by molar-refractivity contribution is -0.115. The summed E-state index contributed by atoms with van der Waals surface area (Å²) < 4.78 is 13.1. The number of benzene rings is 2. The molecule has 0 fully saturated rings. The molecule has 0 atom stereocenters. The zero-order valence-corrected chi connectivity index (χ0v) is 14.7. The topological polar surface area (TPSA) is 74.8 Å². The zero-order valence-electron chi connectivity index (χ0n) is 13.2. The molecule has 0 unspecified atom stereocenters. The van der Waals surface area contributed by atoms with Gasteiger partial charge < -0.3 is 10.3 Å². The van der Waals surface area contributed by atoms with Gasteiger partial charge in [-0.25, -0.2) is 9.37 Å². The minimum atomic E-state index is -0.580. The summed E-state index contributed by atoms with van der Waals surface area (Å²) in [5.74, 6) is -0.650. The first-order chi connectivity index (χ1) is 12.4. The van der Waals surface area contributed by atoms with E-state index in [1.54, 1.807) is 24.3 Å². The van der Waals surface area contributed by atoms with Crippen molar-refractivity contribution in [1.29, 1.82) is 0 Å². The maximum Gasteiger partial charge on any atom is 0.254 e. The SMILES string of the molecule is O=C(Cc1cnc(-c2ccc(Cl)cc2)[nH]c1=O)Nc1ccc(F)c(Cl)c1. The van der Waals surface area contributed by atoms with Gasteiger partial charge in [-0.2, -0.15) is 0 Å². The first-order valence-electron chi connectivity index (χ1n) is 7.51. The summed E-state index contributed by atoms with van der Waals surface area (Å²) in [4.78, 5) is 31.1. The van der Waals surface area contributed by atoms with Crippen molar-refractivity contribution in [2.45, 2.75) is 6.42 Å². The molecule has 0 aliphatic rings. The Balaban J connectivity index is 1.73. The van der Waals surface area contributed by atoms with Crippen molar-refractivity contribution in [3.8, 4) is 11.4 Å². The number of halogens is 3. The van der Waals surface area contributed by atoms with Crippen LogP contribution in [0.3, 0.4) is 0 Å².